The average Bonchev–Trinajstić information content (AvgIpc) is 3.28. The molecule has 0 aliphatic carbocycles. The van der Waals surface area contributed by atoms with Crippen LogP contribution < -0.4 is 10.2 Å². The fourth-order valence-electron chi connectivity index (χ4n) is 3.28. The zero-order valence-corrected chi connectivity index (χ0v) is 16.4. The topological polar surface area (TPSA) is 63.1 Å². The molecule has 3 heterocycles. The minimum atomic E-state index is -0.0481. The van der Waals surface area contributed by atoms with Crippen LogP contribution in [-0.4, -0.2) is 46.1 Å². The Labute approximate surface area is 160 Å². The number of hydrogen-bond donors (Lipinski definition) is 1. The Balaban J connectivity index is 1.41. The standard InChI is InChI=1S/C18H21N5OS2/c1-22-13(6-9-19-22)17(24)20-12-7-10-23(11-8-12)18-21-16-14(25-2)4-3-5-15(16)26-18/h3-6,9,12H,7-8,10-11H2,1-2H3,(H,20,24). The summed E-state index contributed by atoms with van der Waals surface area (Å²) in [5.41, 5.74) is 1.70. The molecule has 1 aliphatic heterocycles. The lowest BCUT2D eigenvalue weighted by atomic mass is 10.1. The van der Waals surface area contributed by atoms with Gasteiger partial charge >= 0.3 is 0 Å². The van der Waals surface area contributed by atoms with Crippen molar-refractivity contribution in [1.82, 2.24) is 20.1 Å². The normalized spacial score (nSPS) is 15.5. The summed E-state index contributed by atoms with van der Waals surface area (Å²) < 4.78 is 2.84. The van der Waals surface area contributed by atoms with Crippen LogP contribution in [0.2, 0.25) is 0 Å². The van der Waals surface area contributed by atoms with Gasteiger partial charge in [0.05, 0.1) is 10.2 Å². The van der Waals surface area contributed by atoms with Gasteiger partial charge in [-0.25, -0.2) is 4.98 Å². The molecule has 1 aliphatic rings. The molecule has 1 fully saturated rings. The van der Waals surface area contributed by atoms with Gasteiger partial charge in [0, 0.05) is 37.3 Å². The first kappa shape index (κ1) is 17.4. The molecule has 3 aromatic rings. The SMILES string of the molecule is CSc1cccc2sc(N3CCC(NC(=O)c4ccnn4C)CC3)nc12. The van der Waals surface area contributed by atoms with Crippen LogP contribution >= 0.6 is 23.1 Å². The summed E-state index contributed by atoms with van der Waals surface area (Å²) in [5, 5.41) is 8.27. The number of carbonyl (C=O) groups excluding carboxylic acids is 1. The number of thioether (sulfide) groups is 1. The van der Waals surface area contributed by atoms with Gasteiger partial charge in [-0.2, -0.15) is 5.10 Å². The number of carbonyl (C=O) groups is 1. The highest BCUT2D eigenvalue weighted by Gasteiger charge is 2.24. The zero-order chi connectivity index (χ0) is 18.1. The van der Waals surface area contributed by atoms with E-state index in [2.05, 4.69) is 39.8 Å². The van der Waals surface area contributed by atoms with Crippen LogP contribution in [0.15, 0.2) is 35.4 Å². The molecule has 1 amide bonds. The van der Waals surface area contributed by atoms with Gasteiger partial charge in [0.1, 0.15) is 5.69 Å². The molecule has 2 aromatic heterocycles. The number of amides is 1. The number of hydrogen-bond acceptors (Lipinski definition) is 6. The smallest absolute Gasteiger partial charge is 0.269 e. The van der Waals surface area contributed by atoms with Crippen LogP contribution in [0.25, 0.3) is 10.2 Å². The Bertz CT molecular complexity index is 927. The summed E-state index contributed by atoms with van der Waals surface area (Å²) in [4.78, 5) is 20.8. The van der Waals surface area contributed by atoms with Gasteiger partial charge in [-0.1, -0.05) is 17.4 Å². The number of thiazole rings is 1. The van der Waals surface area contributed by atoms with Crippen LogP contribution in [0.5, 0.6) is 0 Å². The van der Waals surface area contributed by atoms with Gasteiger partial charge in [-0.05, 0) is 37.3 Å². The second kappa shape index (κ2) is 7.28. The summed E-state index contributed by atoms with van der Waals surface area (Å²) in [6.45, 7) is 1.81. The quantitative estimate of drug-likeness (QED) is 0.697. The van der Waals surface area contributed by atoms with Crippen molar-refractivity contribution in [3.05, 3.63) is 36.2 Å². The second-order valence-electron chi connectivity index (χ2n) is 6.38. The second-order valence-corrected chi connectivity index (χ2v) is 8.24. The first-order valence-electron chi connectivity index (χ1n) is 8.63. The number of nitrogens with one attached hydrogen (secondary N) is 1. The Morgan fingerprint density at radius 1 is 1.31 bits per heavy atom. The van der Waals surface area contributed by atoms with E-state index in [-0.39, 0.29) is 11.9 Å². The van der Waals surface area contributed by atoms with Crippen LogP contribution in [-0.2, 0) is 7.05 Å². The van der Waals surface area contributed by atoms with Crippen molar-refractivity contribution < 1.29 is 4.79 Å². The molecule has 8 heteroatoms. The van der Waals surface area contributed by atoms with Crippen molar-refractivity contribution in [3.8, 4) is 0 Å². The molecule has 1 saturated heterocycles. The monoisotopic (exact) mass is 387 g/mol. The van der Waals surface area contributed by atoms with Crippen molar-refractivity contribution in [3.63, 3.8) is 0 Å². The summed E-state index contributed by atoms with van der Waals surface area (Å²) in [6.07, 6.45) is 5.58. The van der Waals surface area contributed by atoms with E-state index in [1.54, 1.807) is 47.1 Å². The van der Waals surface area contributed by atoms with E-state index >= 15 is 0 Å². The number of rotatable bonds is 4. The predicted octanol–water partition coefficient (Wildman–Crippen LogP) is 3.15. The average molecular weight is 388 g/mol. The van der Waals surface area contributed by atoms with Gasteiger partial charge in [-0.15, -0.1) is 11.8 Å². The molecule has 26 heavy (non-hydrogen) atoms. The van der Waals surface area contributed by atoms with Crippen molar-refractivity contribution in [2.45, 2.75) is 23.8 Å². The van der Waals surface area contributed by atoms with Crippen LogP contribution in [0.1, 0.15) is 23.3 Å². The Hall–Kier alpha value is -2.06. The minimum absolute atomic E-state index is 0.0481. The van der Waals surface area contributed by atoms with E-state index in [9.17, 15) is 4.79 Å². The van der Waals surface area contributed by atoms with Gasteiger partial charge in [0.15, 0.2) is 5.13 Å². The molecule has 4 rings (SSSR count). The molecular weight excluding hydrogens is 366 g/mol. The predicted molar refractivity (Wildman–Crippen MR) is 107 cm³/mol. The van der Waals surface area contributed by atoms with E-state index in [1.165, 1.54) is 9.60 Å². The maximum absolute atomic E-state index is 12.3. The fourth-order valence-corrected chi connectivity index (χ4v) is 4.96. The van der Waals surface area contributed by atoms with E-state index in [4.69, 9.17) is 4.98 Å². The molecule has 0 bridgehead atoms. The number of nitrogens with zero attached hydrogens (tertiary/aromatic N) is 4. The number of aryl methyl sites for hydroxylation is 1. The van der Waals surface area contributed by atoms with E-state index in [0.29, 0.717) is 5.69 Å². The maximum atomic E-state index is 12.3. The summed E-state index contributed by atoms with van der Waals surface area (Å²) in [6, 6.07) is 8.30. The van der Waals surface area contributed by atoms with Gasteiger partial charge in [-0.3, -0.25) is 9.48 Å². The highest BCUT2D eigenvalue weighted by atomic mass is 32.2. The summed E-state index contributed by atoms with van der Waals surface area (Å²) >= 11 is 3.49. The highest BCUT2D eigenvalue weighted by Crippen LogP contribution is 2.34. The number of aromatic nitrogens is 3. The minimum Gasteiger partial charge on any atom is -0.348 e. The van der Waals surface area contributed by atoms with Gasteiger partial charge in [0.2, 0.25) is 0 Å². The number of fused-ring (bicyclic) bond motifs is 1. The molecule has 1 N–H and O–H groups in total. The maximum Gasteiger partial charge on any atom is 0.269 e. The lowest BCUT2D eigenvalue weighted by Gasteiger charge is -2.32. The molecule has 0 atom stereocenters. The van der Waals surface area contributed by atoms with Crippen LogP contribution in [0, 0.1) is 0 Å². The number of benzene rings is 1. The van der Waals surface area contributed by atoms with Crippen molar-refractivity contribution in [2.75, 3.05) is 24.2 Å². The van der Waals surface area contributed by atoms with Crippen molar-refractivity contribution in [1.29, 1.82) is 0 Å². The first-order chi connectivity index (χ1) is 12.7. The number of piperidine rings is 1. The van der Waals surface area contributed by atoms with Crippen molar-refractivity contribution >= 4 is 44.4 Å². The van der Waals surface area contributed by atoms with Gasteiger partial charge in [0.25, 0.3) is 5.91 Å². The molecule has 1 aromatic carbocycles. The number of anilines is 1. The summed E-state index contributed by atoms with van der Waals surface area (Å²) in [5.74, 6) is -0.0481. The molecule has 6 nitrogen and oxygen atoms in total. The van der Waals surface area contributed by atoms with Crippen molar-refractivity contribution in [2.24, 2.45) is 7.05 Å². The van der Waals surface area contributed by atoms with Gasteiger partial charge < -0.3 is 10.2 Å². The third-order valence-corrected chi connectivity index (χ3v) is 6.60. The highest BCUT2D eigenvalue weighted by molar-refractivity contribution is 7.98. The fraction of sp³-hybridized carbons (Fsp3) is 0.389. The Kier molecular flexibility index (Phi) is 4.86. The first-order valence-corrected chi connectivity index (χ1v) is 10.7. The molecule has 136 valence electrons. The Morgan fingerprint density at radius 2 is 2.12 bits per heavy atom. The van der Waals surface area contributed by atoms with E-state index in [0.717, 1.165) is 36.6 Å². The molecule has 0 unspecified atom stereocenters. The largest absolute Gasteiger partial charge is 0.348 e. The third kappa shape index (κ3) is 3.31. The Morgan fingerprint density at radius 3 is 2.81 bits per heavy atom. The molecular formula is C18H21N5OS2. The summed E-state index contributed by atoms with van der Waals surface area (Å²) in [7, 11) is 1.79. The molecule has 0 spiro atoms. The zero-order valence-electron chi connectivity index (χ0n) is 14.8. The van der Waals surface area contributed by atoms with E-state index in [1.807, 2.05) is 0 Å². The molecule has 0 radical (unpaired) electrons. The van der Waals surface area contributed by atoms with Crippen LogP contribution in [0.4, 0.5) is 5.13 Å². The lowest BCUT2D eigenvalue weighted by Crippen LogP contribution is -2.45. The lowest BCUT2D eigenvalue weighted by molar-refractivity contribution is 0.0921. The third-order valence-electron chi connectivity index (χ3n) is 4.74. The van der Waals surface area contributed by atoms with E-state index < -0.39 is 0 Å². The van der Waals surface area contributed by atoms with Crippen LogP contribution in [0.3, 0.4) is 0 Å². The molecule has 0 saturated carbocycles. The number of para-hydroxylation sites is 1.